The first-order chi connectivity index (χ1) is 9.70. The molecule has 3 rings (SSSR count). The Morgan fingerprint density at radius 1 is 1.35 bits per heavy atom. The zero-order valence-electron chi connectivity index (χ0n) is 12.3. The van der Waals surface area contributed by atoms with E-state index in [4.69, 9.17) is 10.8 Å². The summed E-state index contributed by atoms with van der Waals surface area (Å²) < 4.78 is 1.95. The van der Waals surface area contributed by atoms with Gasteiger partial charge in [-0.3, -0.25) is 0 Å². The van der Waals surface area contributed by atoms with E-state index in [1.54, 1.807) is 0 Å². The third-order valence-corrected chi connectivity index (χ3v) is 4.31. The van der Waals surface area contributed by atoms with Crippen molar-refractivity contribution in [1.82, 2.24) is 14.6 Å². The molecule has 0 amide bonds. The Labute approximate surface area is 119 Å². The average molecular weight is 273 g/mol. The van der Waals surface area contributed by atoms with Gasteiger partial charge in [0.15, 0.2) is 5.65 Å². The van der Waals surface area contributed by atoms with E-state index in [0.717, 1.165) is 29.3 Å². The zero-order valence-corrected chi connectivity index (χ0v) is 12.3. The van der Waals surface area contributed by atoms with E-state index in [0.29, 0.717) is 12.5 Å². The maximum atomic E-state index is 5.61. The van der Waals surface area contributed by atoms with Crippen molar-refractivity contribution in [2.75, 3.05) is 18.4 Å². The van der Waals surface area contributed by atoms with Gasteiger partial charge in [-0.15, -0.1) is 0 Å². The second-order valence-electron chi connectivity index (χ2n) is 5.71. The Morgan fingerprint density at radius 3 is 2.80 bits per heavy atom. The van der Waals surface area contributed by atoms with Crippen LogP contribution in [0.25, 0.3) is 5.65 Å². The predicted octanol–water partition coefficient (Wildman–Crippen LogP) is 2.37. The second-order valence-corrected chi connectivity index (χ2v) is 5.71. The van der Waals surface area contributed by atoms with Crippen LogP contribution in [0.15, 0.2) is 6.07 Å². The summed E-state index contributed by atoms with van der Waals surface area (Å²) in [4.78, 5) is 4.67. The molecule has 108 valence electrons. The van der Waals surface area contributed by atoms with E-state index in [1.807, 2.05) is 11.4 Å². The topological polar surface area (TPSA) is 68.2 Å². The smallest absolute Gasteiger partial charge is 0.157 e. The summed E-state index contributed by atoms with van der Waals surface area (Å²) in [6.45, 7) is 5.49. The van der Waals surface area contributed by atoms with Crippen LogP contribution in [0.3, 0.4) is 0 Å². The zero-order chi connectivity index (χ0) is 14.1. The highest BCUT2D eigenvalue weighted by Crippen LogP contribution is 2.34. The summed E-state index contributed by atoms with van der Waals surface area (Å²) in [5.41, 5.74) is 9.93. The molecule has 1 fully saturated rings. The molecule has 1 aliphatic rings. The molecule has 1 saturated carbocycles. The van der Waals surface area contributed by atoms with Crippen LogP contribution in [0.1, 0.15) is 48.6 Å². The normalized spacial score (nSPS) is 16.1. The molecular weight excluding hydrogens is 250 g/mol. The molecule has 5 heteroatoms. The van der Waals surface area contributed by atoms with Crippen molar-refractivity contribution in [2.24, 2.45) is 5.73 Å². The number of fused-ring (bicyclic) bond motifs is 1. The lowest BCUT2D eigenvalue weighted by Crippen LogP contribution is -2.17. The van der Waals surface area contributed by atoms with Gasteiger partial charge in [0.05, 0.1) is 5.69 Å². The van der Waals surface area contributed by atoms with Crippen LogP contribution in [-0.4, -0.2) is 27.7 Å². The number of hydrogen-bond acceptors (Lipinski definition) is 4. The van der Waals surface area contributed by atoms with Gasteiger partial charge in [-0.2, -0.15) is 9.61 Å². The molecule has 20 heavy (non-hydrogen) atoms. The Kier molecular flexibility index (Phi) is 3.61. The van der Waals surface area contributed by atoms with Gasteiger partial charge in [-0.25, -0.2) is 4.98 Å². The van der Waals surface area contributed by atoms with Crippen molar-refractivity contribution in [3.8, 4) is 0 Å². The summed E-state index contributed by atoms with van der Waals surface area (Å²) in [6.07, 6.45) is 5.16. The third kappa shape index (κ3) is 2.26. The Hall–Kier alpha value is -1.62. The quantitative estimate of drug-likeness (QED) is 0.897. The Balaban J connectivity index is 2.06. The van der Waals surface area contributed by atoms with Crippen LogP contribution < -0.4 is 11.1 Å². The molecular formula is C15H23N5. The van der Waals surface area contributed by atoms with Gasteiger partial charge in [0.2, 0.25) is 0 Å². The predicted molar refractivity (Wildman–Crippen MR) is 81.2 cm³/mol. The number of nitrogens with zero attached hydrogens (tertiary/aromatic N) is 3. The lowest BCUT2D eigenvalue weighted by molar-refractivity contribution is 0.684. The highest BCUT2D eigenvalue weighted by molar-refractivity contribution is 5.55. The first kappa shape index (κ1) is 13.4. The van der Waals surface area contributed by atoms with Crippen molar-refractivity contribution in [2.45, 2.75) is 45.4 Å². The van der Waals surface area contributed by atoms with Gasteiger partial charge < -0.3 is 11.1 Å². The highest BCUT2D eigenvalue weighted by Gasteiger charge is 2.21. The van der Waals surface area contributed by atoms with Gasteiger partial charge in [-0.05, 0) is 26.7 Å². The van der Waals surface area contributed by atoms with Gasteiger partial charge in [-0.1, -0.05) is 12.8 Å². The number of rotatable bonds is 4. The van der Waals surface area contributed by atoms with Crippen molar-refractivity contribution >= 4 is 11.5 Å². The van der Waals surface area contributed by atoms with Crippen LogP contribution in [0, 0.1) is 13.8 Å². The number of nitrogens with one attached hydrogen (secondary N) is 1. The molecule has 5 nitrogen and oxygen atoms in total. The first-order valence-corrected chi connectivity index (χ1v) is 7.51. The molecule has 0 radical (unpaired) electrons. The minimum Gasteiger partial charge on any atom is -0.368 e. The standard InChI is InChI=1S/C15H23N5/c1-10-11(2)18-14-9-13(12-5-3-4-6-12)19-20(14)15(10)17-8-7-16/h9,12,17H,3-8,16H2,1-2H3. The largest absolute Gasteiger partial charge is 0.368 e. The van der Waals surface area contributed by atoms with Crippen LogP contribution in [0.5, 0.6) is 0 Å². The molecule has 0 spiro atoms. The molecule has 0 aliphatic heterocycles. The number of anilines is 1. The van der Waals surface area contributed by atoms with Gasteiger partial charge in [0, 0.05) is 36.3 Å². The molecule has 1 aliphatic carbocycles. The van der Waals surface area contributed by atoms with E-state index >= 15 is 0 Å². The van der Waals surface area contributed by atoms with Gasteiger partial charge >= 0.3 is 0 Å². The molecule has 2 aromatic rings. The number of aryl methyl sites for hydroxylation is 1. The molecule has 0 bridgehead atoms. The molecule has 0 aromatic carbocycles. The van der Waals surface area contributed by atoms with E-state index < -0.39 is 0 Å². The van der Waals surface area contributed by atoms with E-state index in [1.165, 1.54) is 31.4 Å². The summed E-state index contributed by atoms with van der Waals surface area (Å²) in [5.74, 6) is 1.64. The number of hydrogen-bond donors (Lipinski definition) is 2. The molecule has 3 N–H and O–H groups in total. The second kappa shape index (κ2) is 5.40. The Bertz CT molecular complexity index is 610. The summed E-state index contributed by atoms with van der Waals surface area (Å²) in [5, 5.41) is 8.19. The van der Waals surface area contributed by atoms with Crippen molar-refractivity contribution in [1.29, 1.82) is 0 Å². The van der Waals surface area contributed by atoms with Gasteiger partial charge in [0.25, 0.3) is 0 Å². The third-order valence-electron chi connectivity index (χ3n) is 4.31. The summed E-state index contributed by atoms with van der Waals surface area (Å²) in [7, 11) is 0. The Morgan fingerprint density at radius 2 is 2.10 bits per heavy atom. The van der Waals surface area contributed by atoms with Crippen LogP contribution in [-0.2, 0) is 0 Å². The molecule has 0 unspecified atom stereocenters. The maximum absolute atomic E-state index is 5.61. The van der Waals surface area contributed by atoms with E-state index in [9.17, 15) is 0 Å². The first-order valence-electron chi connectivity index (χ1n) is 7.51. The summed E-state index contributed by atoms with van der Waals surface area (Å²) >= 11 is 0. The van der Waals surface area contributed by atoms with Crippen LogP contribution in [0.2, 0.25) is 0 Å². The van der Waals surface area contributed by atoms with E-state index in [2.05, 4.69) is 23.3 Å². The average Bonchev–Trinajstić information content (AvgIpc) is 3.07. The molecule has 2 heterocycles. The lowest BCUT2D eigenvalue weighted by Gasteiger charge is -2.12. The monoisotopic (exact) mass is 273 g/mol. The number of aromatic nitrogens is 3. The van der Waals surface area contributed by atoms with Crippen molar-refractivity contribution < 1.29 is 0 Å². The molecule has 2 aromatic heterocycles. The fourth-order valence-corrected chi connectivity index (χ4v) is 3.04. The SMILES string of the molecule is Cc1nc2cc(C3CCCC3)nn2c(NCCN)c1C. The minimum atomic E-state index is 0.610. The molecule has 0 atom stereocenters. The fraction of sp³-hybridized carbons (Fsp3) is 0.600. The molecule has 0 saturated heterocycles. The highest BCUT2D eigenvalue weighted by atomic mass is 15.3. The summed E-state index contributed by atoms with van der Waals surface area (Å²) in [6, 6.07) is 2.15. The van der Waals surface area contributed by atoms with Crippen molar-refractivity contribution in [3.63, 3.8) is 0 Å². The number of nitrogens with two attached hydrogens (primary N) is 1. The van der Waals surface area contributed by atoms with Gasteiger partial charge in [0.1, 0.15) is 5.82 Å². The van der Waals surface area contributed by atoms with Crippen LogP contribution in [0.4, 0.5) is 5.82 Å². The lowest BCUT2D eigenvalue weighted by atomic mass is 10.1. The van der Waals surface area contributed by atoms with Crippen molar-refractivity contribution in [3.05, 3.63) is 23.0 Å². The fourth-order valence-electron chi connectivity index (χ4n) is 3.04. The maximum Gasteiger partial charge on any atom is 0.157 e. The van der Waals surface area contributed by atoms with Crippen LogP contribution >= 0.6 is 0 Å². The van der Waals surface area contributed by atoms with E-state index in [-0.39, 0.29) is 0 Å². The minimum absolute atomic E-state index is 0.610.